The summed E-state index contributed by atoms with van der Waals surface area (Å²) >= 11 is 0. The molecule has 102 valence electrons. The van der Waals surface area contributed by atoms with Crippen LogP contribution in [0, 0.1) is 0 Å². The topological polar surface area (TPSA) is 79.9 Å². The molecule has 0 fully saturated rings. The highest BCUT2D eigenvalue weighted by Crippen LogP contribution is 2.27. The van der Waals surface area contributed by atoms with Gasteiger partial charge in [-0.15, -0.1) is 0 Å². The van der Waals surface area contributed by atoms with Gasteiger partial charge in [-0.3, -0.25) is 0 Å². The van der Waals surface area contributed by atoms with Crippen LogP contribution in [0.3, 0.4) is 0 Å². The molecule has 0 saturated heterocycles. The van der Waals surface area contributed by atoms with Gasteiger partial charge in [-0.1, -0.05) is 0 Å². The third-order valence-corrected chi connectivity index (χ3v) is 3.03. The molecule has 0 amide bonds. The Morgan fingerprint density at radius 2 is 1.85 bits per heavy atom. The molecule has 1 aromatic heterocycles. The van der Waals surface area contributed by atoms with Crippen molar-refractivity contribution in [1.29, 1.82) is 0 Å². The second-order valence-corrected chi connectivity index (χ2v) is 4.35. The van der Waals surface area contributed by atoms with Crippen molar-refractivity contribution in [1.82, 2.24) is 0 Å². The number of fused-ring (bicyclic) bond motifs is 3. The maximum atomic E-state index is 12.0. The van der Waals surface area contributed by atoms with E-state index in [4.69, 9.17) is 14.3 Å². The first kappa shape index (κ1) is 12.5. The van der Waals surface area contributed by atoms with Crippen molar-refractivity contribution in [3.8, 4) is 11.5 Å². The van der Waals surface area contributed by atoms with Crippen LogP contribution in [0.4, 0.5) is 0 Å². The first-order valence-electron chi connectivity index (χ1n) is 6.12. The van der Waals surface area contributed by atoms with Crippen molar-refractivity contribution < 1.29 is 19.4 Å². The van der Waals surface area contributed by atoms with Gasteiger partial charge in [-0.25, -0.2) is 4.79 Å². The van der Waals surface area contributed by atoms with Gasteiger partial charge in [0.05, 0.1) is 12.0 Å². The Hall–Kier alpha value is -2.53. The van der Waals surface area contributed by atoms with Crippen LogP contribution in [0.15, 0.2) is 45.6 Å². The average Bonchev–Trinajstić information content (AvgIpc) is 2.45. The van der Waals surface area contributed by atoms with E-state index < -0.39 is 5.63 Å². The van der Waals surface area contributed by atoms with Gasteiger partial charge in [0.2, 0.25) is 0 Å². The minimum absolute atomic E-state index is 0.0444. The van der Waals surface area contributed by atoms with E-state index in [9.17, 15) is 9.90 Å². The number of ether oxygens (including phenoxy) is 1. The molecule has 0 aliphatic heterocycles. The Balaban J connectivity index is 2.26. The molecule has 0 atom stereocenters. The molecule has 0 bridgehead atoms. The second kappa shape index (κ2) is 4.86. The first-order valence-corrected chi connectivity index (χ1v) is 6.12. The highest BCUT2D eigenvalue weighted by atomic mass is 16.5. The summed E-state index contributed by atoms with van der Waals surface area (Å²) < 4.78 is 10.5. The summed E-state index contributed by atoms with van der Waals surface area (Å²) in [4.78, 5) is 12.0. The number of aliphatic hydroxyl groups excluding tert-OH is 1. The molecule has 0 spiro atoms. The number of rotatable bonds is 3. The smallest absolute Gasteiger partial charge is 0.344 e. The van der Waals surface area contributed by atoms with Crippen molar-refractivity contribution in [3.63, 3.8) is 0 Å². The molecule has 0 saturated carbocycles. The van der Waals surface area contributed by atoms with Crippen LogP contribution in [0.25, 0.3) is 21.7 Å². The van der Waals surface area contributed by atoms with E-state index in [0.717, 1.165) is 10.8 Å². The van der Waals surface area contributed by atoms with Crippen molar-refractivity contribution >= 4 is 21.7 Å². The van der Waals surface area contributed by atoms with Gasteiger partial charge < -0.3 is 19.4 Å². The summed E-state index contributed by atoms with van der Waals surface area (Å²) in [6.45, 7) is 0.0714. The molecule has 3 rings (SSSR count). The SMILES string of the molecule is O=c1oc2cc(O)ccc2c2ccc(OCCO)cc12. The highest BCUT2D eigenvalue weighted by Gasteiger charge is 2.09. The third-order valence-electron chi connectivity index (χ3n) is 3.03. The van der Waals surface area contributed by atoms with E-state index in [1.54, 1.807) is 24.3 Å². The zero-order valence-corrected chi connectivity index (χ0v) is 10.5. The van der Waals surface area contributed by atoms with Crippen LogP contribution in [0.2, 0.25) is 0 Å². The van der Waals surface area contributed by atoms with Crippen molar-refractivity contribution in [2.75, 3.05) is 13.2 Å². The van der Waals surface area contributed by atoms with Crippen LogP contribution in [0.5, 0.6) is 11.5 Å². The molecular weight excluding hydrogens is 260 g/mol. The quantitative estimate of drug-likeness (QED) is 0.563. The van der Waals surface area contributed by atoms with E-state index in [1.165, 1.54) is 12.1 Å². The second-order valence-electron chi connectivity index (χ2n) is 4.35. The Bertz CT molecular complexity index is 835. The Kier molecular flexibility index (Phi) is 3.04. The predicted molar refractivity (Wildman–Crippen MR) is 74.2 cm³/mol. The fourth-order valence-electron chi connectivity index (χ4n) is 2.15. The van der Waals surface area contributed by atoms with Gasteiger partial charge in [-0.05, 0) is 30.3 Å². The maximum absolute atomic E-state index is 12.0. The summed E-state index contributed by atoms with van der Waals surface area (Å²) in [5.74, 6) is 0.542. The highest BCUT2D eigenvalue weighted by molar-refractivity contribution is 6.04. The standard InChI is InChI=1S/C15H12O5/c16-5-6-19-10-2-4-11-12-3-1-9(17)7-14(12)20-15(18)13(11)8-10/h1-4,7-8,16-17H,5-6H2. The average molecular weight is 272 g/mol. The van der Waals surface area contributed by atoms with Gasteiger partial charge in [-0.2, -0.15) is 0 Å². The molecule has 5 heteroatoms. The number of phenols is 1. The van der Waals surface area contributed by atoms with Gasteiger partial charge in [0.25, 0.3) is 0 Å². The van der Waals surface area contributed by atoms with Gasteiger partial charge in [0, 0.05) is 16.8 Å². The van der Waals surface area contributed by atoms with E-state index in [0.29, 0.717) is 16.7 Å². The molecule has 20 heavy (non-hydrogen) atoms. The van der Waals surface area contributed by atoms with Gasteiger partial charge >= 0.3 is 5.63 Å². The lowest BCUT2D eigenvalue weighted by Crippen LogP contribution is -2.03. The van der Waals surface area contributed by atoms with Crippen molar-refractivity contribution in [2.45, 2.75) is 0 Å². The lowest BCUT2D eigenvalue weighted by Gasteiger charge is -2.07. The summed E-state index contributed by atoms with van der Waals surface area (Å²) in [7, 11) is 0. The number of phenolic OH excluding ortho intramolecular Hbond substituents is 1. The molecule has 3 aromatic rings. The fourth-order valence-corrected chi connectivity index (χ4v) is 2.15. The van der Waals surface area contributed by atoms with Crippen LogP contribution in [0.1, 0.15) is 0 Å². The Labute approximate surface area is 113 Å². The molecule has 5 nitrogen and oxygen atoms in total. The largest absolute Gasteiger partial charge is 0.508 e. The van der Waals surface area contributed by atoms with Crippen molar-refractivity contribution in [2.24, 2.45) is 0 Å². The molecule has 0 aliphatic carbocycles. The molecule has 1 heterocycles. The lowest BCUT2D eigenvalue weighted by molar-refractivity contribution is 0.201. The molecular formula is C15H12O5. The molecule has 2 N–H and O–H groups in total. The Morgan fingerprint density at radius 3 is 2.65 bits per heavy atom. The zero-order chi connectivity index (χ0) is 14.1. The van der Waals surface area contributed by atoms with Crippen LogP contribution in [-0.4, -0.2) is 23.4 Å². The van der Waals surface area contributed by atoms with Gasteiger partial charge in [0.15, 0.2) is 0 Å². The molecule has 0 radical (unpaired) electrons. The number of aromatic hydroxyl groups is 1. The summed E-state index contributed by atoms with van der Waals surface area (Å²) in [6, 6.07) is 9.72. The van der Waals surface area contributed by atoms with Crippen LogP contribution in [-0.2, 0) is 0 Å². The number of aliphatic hydroxyl groups is 1. The van der Waals surface area contributed by atoms with E-state index in [2.05, 4.69) is 0 Å². The van der Waals surface area contributed by atoms with E-state index in [1.807, 2.05) is 0 Å². The fraction of sp³-hybridized carbons (Fsp3) is 0.133. The summed E-state index contributed by atoms with van der Waals surface area (Å²) in [5.41, 5.74) is -0.154. The van der Waals surface area contributed by atoms with E-state index >= 15 is 0 Å². The van der Waals surface area contributed by atoms with Crippen LogP contribution < -0.4 is 10.4 Å². The summed E-state index contributed by atoms with van der Waals surface area (Å²) in [6.07, 6.45) is 0. The third kappa shape index (κ3) is 2.08. The number of benzene rings is 2. The Morgan fingerprint density at radius 1 is 1.05 bits per heavy atom. The number of hydrogen-bond acceptors (Lipinski definition) is 5. The molecule has 0 unspecified atom stereocenters. The van der Waals surface area contributed by atoms with E-state index in [-0.39, 0.29) is 19.0 Å². The van der Waals surface area contributed by atoms with Crippen molar-refractivity contribution in [3.05, 3.63) is 46.8 Å². The zero-order valence-electron chi connectivity index (χ0n) is 10.5. The number of hydrogen-bond donors (Lipinski definition) is 2. The minimum Gasteiger partial charge on any atom is -0.508 e. The normalized spacial score (nSPS) is 11.1. The van der Waals surface area contributed by atoms with Crippen LogP contribution >= 0.6 is 0 Å². The van der Waals surface area contributed by atoms with Gasteiger partial charge in [0.1, 0.15) is 23.7 Å². The molecule has 0 aliphatic rings. The summed E-state index contributed by atoms with van der Waals surface area (Å²) in [5, 5.41) is 20.0. The lowest BCUT2D eigenvalue weighted by atomic mass is 10.1. The first-order chi connectivity index (χ1) is 9.69. The molecule has 2 aromatic carbocycles. The monoisotopic (exact) mass is 272 g/mol. The maximum Gasteiger partial charge on any atom is 0.344 e. The predicted octanol–water partition coefficient (Wildman–Crippen LogP) is 2.02. The minimum atomic E-state index is -0.493.